The van der Waals surface area contributed by atoms with Crippen LogP contribution in [0.25, 0.3) is 21.0 Å². The van der Waals surface area contributed by atoms with Crippen LogP contribution in [-0.2, 0) is 12.6 Å². The average Bonchev–Trinajstić information content (AvgIpc) is 3.88. The number of hydrogen-bond acceptors (Lipinski definition) is 13. The molecule has 24 heteroatoms. The summed E-state index contributed by atoms with van der Waals surface area (Å²) in [5, 5.41) is 6.89. The van der Waals surface area contributed by atoms with Gasteiger partial charge in [-0.1, -0.05) is 30.7 Å². The summed E-state index contributed by atoms with van der Waals surface area (Å²) in [6.45, 7) is 2.50. The number of thiazole rings is 2. The molecule has 1 aromatic carbocycles. The van der Waals surface area contributed by atoms with Crippen molar-refractivity contribution in [1.29, 1.82) is 0 Å². The Morgan fingerprint density at radius 3 is 1.94 bits per heavy atom. The zero-order chi connectivity index (χ0) is 48.7. The van der Waals surface area contributed by atoms with Crippen LogP contribution in [0.2, 0.25) is 5.02 Å². The molecule has 2 fully saturated rings. The standard InChI is InChI=1S/C44H40ClF8N11O2S2/c1-22-12-42(47,48)20-63(32(22)18-59-41-57-16-29(45)17-58-41)38(65)34-36(67-23(2)61-34)25-7-8-30(46)26(10-25)11-27-13-43(49,50)21-64(33(27)19-60-40-55-14-28(15-56-40)44(51,52)53)39(66)35-37(68-24(3)62-35)31-6-4-5-9-54-31/h4-10,14-17,22,27,32-33H,11-13,18-21H2,1-3H3,(H,55,56,60)(H,57,58,59)/t22-,27-,32?,33?/m1/s1. The summed E-state index contributed by atoms with van der Waals surface area (Å²) < 4.78 is 119. The second kappa shape index (κ2) is 19.2. The summed E-state index contributed by atoms with van der Waals surface area (Å²) in [6.07, 6.45) is -1.18. The Morgan fingerprint density at radius 2 is 1.34 bits per heavy atom. The van der Waals surface area contributed by atoms with E-state index in [-0.39, 0.29) is 57.4 Å². The Morgan fingerprint density at radius 1 is 0.779 bits per heavy atom. The van der Waals surface area contributed by atoms with Crippen molar-refractivity contribution in [2.24, 2.45) is 11.8 Å². The molecule has 4 atom stereocenters. The van der Waals surface area contributed by atoms with Gasteiger partial charge in [0.05, 0.1) is 73.6 Å². The second-order valence-corrected chi connectivity index (χ2v) is 19.5. The van der Waals surface area contributed by atoms with Gasteiger partial charge in [0.1, 0.15) is 17.2 Å². The first-order valence-electron chi connectivity index (χ1n) is 21.0. The molecular formula is C44H40ClF8N11O2S2. The highest BCUT2D eigenvalue weighted by Gasteiger charge is 2.50. The number of carbonyl (C=O) groups is 2. The van der Waals surface area contributed by atoms with Gasteiger partial charge < -0.3 is 20.4 Å². The van der Waals surface area contributed by atoms with E-state index in [4.69, 9.17) is 11.6 Å². The predicted octanol–water partition coefficient (Wildman–Crippen LogP) is 9.76. The third kappa shape index (κ3) is 10.8. The van der Waals surface area contributed by atoms with Gasteiger partial charge >= 0.3 is 6.18 Å². The third-order valence-corrected chi connectivity index (χ3v) is 13.8. The summed E-state index contributed by atoms with van der Waals surface area (Å²) in [7, 11) is 0. The Hall–Kier alpha value is -5.94. The van der Waals surface area contributed by atoms with Crippen LogP contribution in [-0.4, -0.2) is 107 Å². The zero-order valence-corrected chi connectivity index (χ0v) is 38.6. The summed E-state index contributed by atoms with van der Waals surface area (Å²) in [4.78, 5) is 60.4. The van der Waals surface area contributed by atoms with E-state index in [9.17, 15) is 22.8 Å². The maximum Gasteiger partial charge on any atom is 0.419 e. The molecule has 0 saturated carbocycles. The van der Waals surface area contributed by atoms with Gasteiger partial charge in [-0.05, 0) is 67.5 Å². The van der Waals surface area contributed by atoms with E-state index in [1.54, 1.807) is 39.0 Å². The van der Waals surface area contributed by atoms with Gasteiger partial charge in [0.15, 0.2) is 0 Å². The number of rotatable bonds is 12. The molecule has 0 bridgehead atoms. The maximum absolute atomic E-state index is 16.1. The van der Waals surface area contributed by atoms with E-state index in [1.807, 2.05) is 0 Å². The minimum Gasteiger partial charge on any atom is -0.352 e. The van der Waals surface area contributed by atoms with Crippen molar-refractivity contribution in [2.75, 3.05) is 36.8 Å². The lowest BCUT2D eigenvalue weighted by molar-refractivity contribution is -0.138. The van der Waals surface area contributed by atoms with Crippen LogP contribution < -0.4 is 10.6 Å². The van der Waals surface area contributed by atoms with E-state index in [1.165, 1.54) is 30.7 Å². The molecule has 0 aliphatic carbocycles. The van der Waals surface area contributed by atoms with E-state index < -0.39 is 97.5 Å². The maximum atomic E-state index is 16.1. The topological polar surface area (TPSA) is 155 Å². The monoisotopic (exact) mass is 1010 g/mol. The smallest absolute Gasteiger partial charge is 0.352 e. The predicted molar refractivity (Wildman–Crippen MR) is 239 cm³/mol. The van der Waals surface area contributed by atoms with E-state index >= 15 is 22.0 Å². The fourth-order valence-electron chi connectivity index (χ4n) is 8.59. The highest BCUT2D eigenvalue weighted by atomic mass is 35.5. The van der Waals surface area contributed by atoms with Gasteiger partial charge in [-0.3, -0.25) is 14.6 Å². The minimum absolute atomic E-state index is 0.00284. The molecule has 2 saturated heterocycles. The number of benzene rings is 1. The van der Waals surface area contributed by atoms with Crippen LogP contribution in [0.15, 0.2) is 67.4 Å². The van der Waals surface area contributed by atoms with Crippen LogP contribution in [0.4, 0.5) is 47.0 Å². The van der Waals surface area contributed by atoms with Crippen molar-refractivity contribution in [3.05, 3.63) is 111 Å². The molecule has 2 amide bonds. The molecule has 13 nitrogen and oxygen atoms in total. The molecule has 6 aromatic rings. The molecule has 2 N–H and O–H groups in total. The van der Waals surface area contributed by atoms with Crippen LogP contribution in [0.5, 0.6) is 0 Å². The minimum atomic E-state index is -4.74. The summed E-state index contributed by atoms with van der Waals surface area (Å²) in [6, 6.07) is 6.85. The van der Waals surface area contributed by atoms with Gasteiger partial charge in [-0.25, -0.2) is 51.9 Å². The molecule has 2 aliphatic rings. The lowest BCUT2D eigenvalue weighted by Gasteiger charge is -2.44. The second-order valence-electron chi connectivity index (χ2n) is 16.7. The summed E-state index contributed by atoms with van der Waals surface area (Å²) >= 11 is 8.09. The Labute approximate surface area is 396 Å². The SMILES string of the molecule is Cc1nc(C(=O)N2CC(F)(F)C[C@@H](C)C2CNc2ncc(Cl)cn2)c(-c2ccc(F)c(C[C@@H]3CC(F)(F)CN(C(=O)c4nc(C)sc4-c4ccccn4)C3CNc3ncc(C(F)(F)F)cn3)c2)s1. The zero-order valence-electron chi connectivity index (χ0n) is 36.2. The molecular weight excluding hydrogens is 966 g/mol. The van der Waals surface area contributed by atoms with E-state index in [0.29, 0.717) is 33.0 Å². The van der Waals surface area contributed by atoms with Crippen molar-refractivity contribution < 1.29 is 44.7 Å². The van der Waals surface area contributed by atoms with Crippen molar-refractivity contribution in [1.82, 2.24) is 44.7 Å². The number of anilines is 2. The number of aryl methyl sites for hydroxylation is 2. The fraction of sp³-hybridized carbons (Fsp3) is 0.386. The van der Waals surface area contributed by atoms with Crippen molar-refractivity contribution in [2.45, 2.75) is 70.1 Å². The molecule has 358 valence electrons. The molecule has 7 heterocycles. The number of nitrogens with zero attached hydrogens (tertiary/aromatic N) is 9. The molecule has 8 rings (SSSR count). The van der Waals surface area contributed by atoms with Gasteiger partial charge in [-0.2, -0.15) is 13.2 Å². The molecule has 5 aromatic heterocycles. The van der Waals surface area contributed by atoms with E-state index in [2.05, 4.69) is 45.5 Å². The quantitative estimate of drug-likeness (QED) is 0.113. The molecule has 68 heavy (non-hydrogen) atoms. The summed E-state index contributed by atoms with van der Waals surface area (Å²) in [5.41, 5.74) is -0.923. The van der Waals surface area contributed by atoms with Crippen molar-refractivity contribution in [3.63, 3.8) is 0 Å². The average molecular weight is 1010 g/mol. The molecule has 0 radical (unpaired) electrons. The van der Waals surface area contributed by atoms with Gasteiger partial charge in [0, 0.05) is 44.5 Å². The van der Waals surface area contributed by atoms with Gasteiger partial charge in [-0.15, -0.1) is 22.7 Å². The molecule has 2 aliphatic heterocycles. The molecule has 0 spiro atoms. The molecule has 2 unspecified atom stereocenters. The van der Waals surface area contributed by atoms with Gasteiger partial charge in [0.2, 0.25) is 11.9 Å². The van der Waals surface area contributed by atoms with Crippen LogP contribution in [0.1, 0.15) is 61.9 Å². The first kappa shape index (κ1) is 48.5. The van der Waals surface area contributed by atoms with Crippen LogP contribution in [0.3, 0.4) is 0 Å². The van der Waals surface area contributed by atoms with Crippen molar-refractivity contribution in [3.8, 4) is 21.0 Å². The van der Waals surface area contributed by atoms with Gasteiger partial charge in [0.25, 0.3) is 23.7 Å². The highest BCUT2D eigenvalue weighted by Crippen LogP contribution is 2.42. The number of likely N-dealkylation sites (tertiary alicyclic amines) is 2. The highest BCUT2D eigenvalue weighted by molar-refractivity contribution is 7.15. The first-order chi connectivity index (χ1) is 32.1. The number of pyridine rings is 1. The Kier molecular flexibility index (Phi) is 13.7. The first-order valence-corrected chi connectivity index (χ1v) is 23.0. The Balaban J connectivity index is 1.12. The van der Waals surface area contributed by atoms with Crippen LogP contribution >= 0.6 is 34.3 Å². The number of aromatic nitrogens is 7. The van der Waals surface area contributed by atoms with Crippen LogP contribution in [0, 0.1) is 31.5 Å². The lowest BCUT2D eigenvalue weighted by Crippen LogP contribution is -2.58. The number of hydrogen-bond donors (Lipinski definition) is 2. The lowest BCUT2D eigenvalue weighted by atomic mass is 9.81. The number of nitrogens with one attached hydrogen (secondary N) is 2. The number of amides is 2. The number of carbonyl (C=O) groups excluding carboxylic acids is 2. The third-order valence-electron chi connectivity index (χ3n) is 11.6. The fourth-order valence-corrected chi connectivity index (χ4v) is 10.5. The number of piperidine rings is 2. The number of alkyl halides is 7. The van der Waals surface area contributed by atoms with Crippen molar-refractivity contribution >= 4 is 58.0 Å². The van der Waals surface area contributed by atoms with E-state index in [0.717, 1.165) is 38.5 Å². The Bertz CT molecular complexity index is 2780. The normalized spacial score (nSPS) is 20.3. The largest absolute Gasteiger partial charge is 0.419 e. The number of halogens is 9. The summed E-state index contributed by atoms with van der Waals surface area (Å²) in [5.74, 6) is -11.3.